The number of piperidine rings is 1. The summed E-state index contributed by atoms with van der Waals surface area (Å²) in [7, 11) is 0. The maximum absolute atomic E-state index is 13.1. The van der Waals surface area contributed by atoms with E-state index in [9.17, 15) is 9.18 Å². The Labute approximate surface area is 89.9 Å². The molecule has 1 heterocycles. The second-order valence-corrected chi connectivity index (χ2v) is 4.82. The molecule has 1 atom stereocenters. The van der Waals surface area contributed by atoms with Crippen molar-refractivity contribution in [2.24, 2.45) is 0 Å². The van der Waals surface area contributed by atoms with E-state index in [1.165, 1.54) is 4.90 Å². The molecule has 0 aromatic rings. The third-order valence-electron chi connectivity index (χ3n) is 2.14. The molecule has 1 rings (SSSR count). The van der Waals surface area contributed by atoms with Crippen LogP contribution in [0, 0.1) is 0 Å². The minimum Gasteiger partial charge on any atom is -0.444 e. The predicted molar refractivity (Wildman–Crippen MR) is 56.5 cm³/mol. The van der Waals surface area contributed by atoms with Crippen molar-refractivity contribution >= 4 is 6.09 Å². The minimum absolute atomic E-state index is 0.260. The van der Waals surface area contributed by atoms with Crippen LogP contribution in [-0.2, 0) is 4.74 Å². The number of nitrogens with zero attached hydrogens (tertiary/aromatic N) is 1. The van der Waals surface area contributed by atoms with Gasteiger partial charge in [0.05, 0.1) is 0 Å². The van der Waals surface area contributed by atoms with Crippen molar-refractivity contribution < 1.29 is 13.9 Å². The van der Waals surface area contributed by atoms with Crippen LogP contribution < -0.4 is 0 Å². The average molecular weight is 215 g/mol. The smallest absolute Gasteiger partial charge is 0.410 e. The molecule has 1 amide bonds. The second kappa shape index (κ2) is 4.21. The van der Waals surface area contributed by atoms with E-state index in [1.807, 2.05) is 20.8 Å². The molecule has 0 saturated carbocycles. The average Bonchev–Trinajstić information content (AvgIpc) is 2.06. The lowest BCUT2D eigenvalue weighted by atomic mass is 10.1. The van der Waals surface area contributed by atoms with Crippen molar-refractivity contribution in [2.45, 2.75) is 39.0 Å². The maximum Gasteiger partial charge on any atom is 0.410 e. The molecule has 0 bridgehead atoms. The molecule has 0 aliphatic carbocycles. The van der Waals surface area contributed by atoms with Crippen LogP contribution in [0.15, 0.2) is 12.2 Å². The van der Waals surface area contributed by atoms with Gasteiger partial charge in [-0.25, -0.2) is 9.18 Å². The van der Waals surface area contributed by atoms with Gasteiger partial charge >= 0.3 is 6.09 Å². The third-order valence-corrected chi connectivity index (χ3v) is 2.14. The predicted octanol–water partition coefficient (Wildman–Crippen LogP) is 2.52. The molecule has 3 nitrogen and oxygen atoms in total. The van der Waals surface area contributed by atoms with Gasteiger partial charge in [-0.1, -0.05) is 6.58 Å². The number of alkyl halides is 1. The molecule has 1 fully saturated rings. The van der Waals surface area contributed by atoms with Crippen molar-refractivity contribution in [3.05, 3.63) is 12.2 Å². The summed E-state index contributed by atoms with van der Waals surface area (Å²) in [6, 6.07) is 0. The summed E-state index contributed by atoms with van der Waals surface area (Å²) >= 11 is 0. The fourth-order valence-electron chi connectivity index (χ4n) is 1.38. The Bertz CT molecular complexity index is 270. The first-order valence-corrected chi connectivity index (χ1v) is 5.09. The maximum atomic E-state index is 13.1. The lowest BCUT2D eigenvalue weighted by Crippen LogP contribution is -2.43. The molecule has 0 aromatic carbocycles. The van der Waals surface area contributed by atoms with Crippen molar-refractivity contribution in [2.75, 3.05) is 13.1 Å². The Morgan fingerprint density at radius 2 is 2.20 bits per heavy atom. The molecule has 15 heavy (non-hydrogen) atoms. The molecular formula is C11H18FNO2. The topological polar surface area (TPSA) is 29.5 Å². The van der Waals surface area contributed by atoms with Crippen LogP contribution in [0.4, 0.5) is 9.18 Å². The molecule has 1 aliphatic heterocycles. The van der Waals surface area contributed by atoms with E-state index in [0.29, 0.717) is 18.5 Å². The number of likely N-dealkylation sites (tertiary alicyclic amines) is 1. The normalized spacial score (nSPS) is 22.8. The molecule has 1 saturated heterocycles. The summed E-state index contributed by atoms with van der Waals surface area (Å²) in [6.07, 6.45) is -1.06. The highest BCUT2D eigenvalue weighted by Crippen LogP contribution is 2.20. The van der Waals surface area contributed by atoms with Gasteiger partial charge in [0.15, 0.2) is 0 Å². The molecule has 0 spiro atoms. The van der Waals surface area contributed by atoms with E-state index in [0.717, 1.165) is 0 Å². The van der Waals surface area contributed by atoms with Crippen LogP contribution in [0.25, 0.3) is 0 Å². The van der Waals surface area contributed by atoms with Crippen molar-refractivity contribution in [1.82, 2.24) is 4.90 Å². The summed E-state index contributed by atoms with van der Waals surface area (Å²) in [5.41, 5.74) is -0.0579. The van der Waals surface area contributed by atoms with E-state index in [4.69, 9.17) is 4.74 Å². The second-order valence-electron chi connectivity index (χ2n) is 4.82. The number of hydrogen-bond donors (Lipinski definition) is 0. The van der Waals surface area contributed by atoms with Crippen LogP contribution >= 0.6 is 0 Å². The SMILES string of the molecule is C=C1CN(C(=O)OC(C)(C)C)CCC1F. The van der Waals surface area contributed by atoms with Gasteiger partial charge in [-0.3, -0.25) is 0 Å². The van der Waals surface area contributed by atoms with E-state index in [-0.39, 0.29) is 6.54 Å². The summed E-state index contributed by atoms with van der Waals surface area (Å²) in [5, 5.41) is 0. The molecule has 0 aromatic heterocycles. The first-order chi connectivity index (χ1) is 6.79. The lowest BCUT2D eigenvalue weighted by molar-refractivity contribution is 0.0222. The fraction of sp³-hybridized carbons (Fsp3) is 0.727. The zero-order chi connectivity index (χ0) is 11.6. The van der Waals surface area contributed by atoms with Crippen LogP contribution in [0.5, 0.6) is 0 Å². The van der Waals surface area contributed by atoms with Crippen LogP contribution in [-0.4, -0.2) is 35.9 Å². The van der Waals surface area contributed by atoms with Gasteiger partial charge in [-0.05, 0) is 26.3 Å². The largest absolute Gasteiger partial charge is 0.444 e. The van der Waals surface area contributed by atoms with E-state index >= 15 is 0 Å². The van der Waals surface area contributed by atoms with Gasteiger partial charge in [0.2, 0.25) is 0 Å². The lowest BCUT2D eigenvalue weighted by Gasteiger charge is -2.32. The molecule has 4 heteroatoms. The van der Waals surface area contributed by atoms with Gasteiger partial charge in [0.25, 0.3) is 0 Å². The van der Waals surface area contributed by atoms with Crippen LogP contribution in [0.3, 0.4) is 0 Å². The monoisotopic (exact) mass is 215 g/mol. The van der Waals surface area contributed by atoms with Gasteiger partial charge in [-0.15, -0.1) is 0 Å². The number of rotatable bonds is 0. The molecule has 0 radical (unpaired) electrons. The van der Waals surface area contributed by atoms with Crippen LogP contribution in [0.1, 0.15) is 27.2 Å². The van der Waals surface area contributed by atoms with E-state index in [2.05, 4.69) is 6.58 Å². The van der Waals surface area contributed by atoms with Gasteiger partial charge in [0, 0.05) is 19.5 Å². The van der Waals surface area contributed by atoms with Gasteiger partial charge in [-0.2, -0.15) is 0 Å². The number of amides is 1. The Morgan fingerprint density at radius 3 is 2.67 bits per heavy atom. The standard InChI is InChI=1S/C11H18FNO2/c1-8-7-13(6-5-9(8)12)10(14)15-11(2,3)4/h9H,1,5-7H2,2-4H3. The molecular weight excluding hydrogens is 197 g/mol. The number of carbonyl (C=O) groups excluding carboxylic acids is 1. The van der Waals surface area contributed by atoms with E-state index < -0.39 is 17.9 Å². The number of ether oxygens (including phenoxy) is 1. The molecule has 1 aliphatic rings. The number of hydrogen-bond acceptors (Lipinski definition) is 2. The Balaban J connectivity index is 2.52. The summed E-state index contributed by atoms with van der Waals surface area (Å²) in [5.74, 6) is 0. The van der Waals surface area contributed by atoms with Gasteiger partial charge < -0.3 is 9.64 Å². The first-order valence-electron chi connectivity index (χ1n) is 5.09. The minimum atomic E-state index is -0.983. The highest BCUT2D eigenvalue weighted by atomic mass is 19.1. The molecule has 86 valence electrons. The highest BCUT2D eigenvalue weighted by molar-refractivity contribution is 5.68. The zero-order valence-corrected chi connectivity index (χ0v) is 9.55. The molecule has 0 N–H and O–H groups in total. The van der Waals surface area contributed by atoms with E-state index in [1.54, 1.807) is 0 Å². The van der Waals surface area contributed by atoms with Crippen molar-refractivity contribution in [3.8, 4) is 0 Å². The Kier molecular flexibility index (Phi) is 3.37. The highest BCUT2D eigenvalue weighted by Gasteiger charge is 2.28. The summed E-state index contributed by atoms with van der Waals surface area (Å²) in [6.45, 7) is 9.68. The van der Waals surface area contributed by atoms with Crippen molar-refractivity contribution in [1.29, 1.82) is 0 Å². The quantitative estimate of drug-likeness (QED) is 0.581. The number of carbonyl (C=O) groups is 1. The Morgan fingerprint density at radius 1 is 1.60 bits per heavy atom. The van der Waals surface area contributed by atoms with Gasteiger partial charge in [0.1, 0.15) is 11.8 Å². The van der Waals surface area contributed by atoms with Crippen LogP contribution in [0.2, 0.25) is 0 Å². The zero-order valence-electron chi connectivity index (χ0n) is 9.55. The first kappa shape index (κ1) is 12.0. The Hall–Kier alpha value is -1.06. The van der Waals surface area contributed by atoms with Crippen molar-refractivity contribution in [3.63, 3.8) is 0 Å². The third kappa shape index (κ3) is 3.53. The summed E-state index contributed by atoms with van der Waals surface area (Å²) < 4.78 is 18.3. The fourth-order valence-corrected chi connectivity index (χ4v) is 1.38. The number of halogens is 1. The summed E-state index contributed by atoms with van der Waals surface area (Å²) in [4.78, 5) is 13.1. The molecule has 1 unspecified atom stereocenters.